The smallest absolute Gasteiger partial charge is 0.224 e. The summed E-state index contributed by atoms with van der Waals surface area (Å²) in [5, 5.41) is 2.86. The Morgan fingerprint density at radius 2 is 1.89 bits per heavy atom. The van der Waals surface area contributed by atoms with E-state index in [1.807, 2.05) is 44.2 Å². The van der Waals surface area contributed by atoms with Crippen molar-refractivity contribution in [2.45, 2.75) is 26.8 Å². The van der Waals surface area contributed by atoms with Crippen molar-refractivity contribution >= 4 is 5.91 Å². The number of aryl methyl sites for hydroxylation is 2. The lowest BCUT2D eigenvalue weighted by Gasteiger charge is -2.05. The van der Waals surface area contributed by atoms with Gasteiger partial charge in [-0.2, -0.15) is 0 Å². The minimum atomic E-state index is 0.000110. The summed E-state index contributed by atoms with van der Waals surface area (Å²) in [6.45, 7) is 4.37. The summed E-state index contributed by atoms with van der Waals surface area (Å²) in [5.41, 5.74) is 3.94. The minimum Gasteiger partial charge on any atom is -0.350 e. The van der Waals surface area contributed by atoms with Gasteiger partial charge >= 0.3 is 0 Å². The molecule has 0 saturated heterocycles. The Bertz CT molecular complexity index is 564. The Morgan fingerprint density at radius 3 is 2.58 bits per heavy atom. The van der Waals surface area contributed by atoms with Gasteiger partial charge < -0.3 is 5.32 Å². The van der Waals surface area contributed by atoms with Gasteiger partial charge in [0, 0.05) is 5.69 Å². The molecule has 0 aliphatic rings. The van der Waals surface area contributed by atoms with E-state index in [1.54, 1.807) is 0 Å². The average molecular weight is 255 g/mol. The lowest BCUT2D eigenvalue weighted by Crippen LogP contribution is -2.25. The summed E-state index contributed by atoms with van der Waals surface area (Å²) in [6, 6.07) is 9.84. The Hall–Kier alpha value is -2.23. The fourth-order valence-electron chi connectivity index (χ4n) is 1.75. The largest absolute Gasteiger partial charge is 0.350 e. The maximum absolute atomic E-state index is 11.8. The van der Waals surface area contributed by atoms with Crippen molar-refractivity contribution in [3.8, 4) is 0 Å². The van der Waals surface area contributed by atoms with Crippen molar-refractivity contribution in [1.82, 2.24) is 15.3 Å². The van der Waals surface area contributed by atoms with Crippen molar-refractivity contribution < 1.29 is 4.79 Å². The fourth-order valence-corrected chi connectivity index (χ4v) is 1.75. The van der Waals surface area contributed by atoms with Crippen molar-refractivity contribution in [1.29, 1.82) is 0 Å². The summed E-state index contributed by atoms with van der Waals surface area (Å²) >= 11 is 0. The summed E-state index contributed by atoms with van der Waals surface area (Å²) < 4.78 is 0. The molecule has 0 unspecified atom stereocenters. The molecule has 0 fully saturated rings. The van der Waals surface area contributed by atoms with Crippen LogP contribution in [0.5, 0.6) is 0 Å². The molecule has 4 heteroatoms. The Morgan fingerprint density at radius 1 is 1.16 bits per heavy atom. The van der Waals surface area contributed by atoms with Crippen LogP contribution in [-0.4, -0.2) is 15.9 Å². The van der Waals surface area contributed by atoms with Crippen LogP contribution in [0.15, 0.2) is 36.7 Å². The first-order valence-corrected chi connectivity index (χ1v) is 6.23. The Balaban J connectivity index is 1.86. The molecule has 4 nitrogen and oxygen atoms in total. The molecule has 1 N–H and O–H groups in total. The number of hydrogen-bond acceptors (Lipinski definition) is 3. The summed E-state index contributed by atoms with van der Waals surface area (Å²) in [7, 11) is 0. The van der Waals surface area contributed by atoms with Crippen LogP contribution < -0.4 is 5.32 Å². The first-order valence-electron chi connectivity index (χ1n) is 6.23. The highest BCUT2D eigenvalue weighted by atomic mass is 16.1. The van der Waals surface area contributed by atoms with E-state index in [9.17, 15) is 4.79 Å². The van der Waals surface area contributed by atoms with E-state index in [0.717, 1.165) is 17.0 Å². The van der Waals surface area contributed by atoms with E-state index in [2.05, 4.69) is 15.3 Å². The van der Waals surface area contributed by atoms with Gasteiger partial charge in [-0.1, -0.05) is 29.8 Å². The molecule has 1 aromatic heterocycles. The molecule has 1 heterocycles. The number of carbonyl (C=O) groups is 1. The van der Waals surface area contributed by atoms with Gasteiger partial charge in [-0.3, -0.25) is 4.79 Å². The second-order valence-electron chi connectivity index (χ2n) is 4.59. The van der Waals surface area contributed by atoms with E-state index in [1.165, 1.54) is 11.9 Å². The molecule has 0 radical (unpaired) electrons. The van der Waals surface area contributed by atoms with Gasteiger partial charge in [-0.05, 0) is 25.5 Å². The average Bonchev–Trinajstić information content (AvgIpc) is 2.39. The second kappa shape index (κ2) is 6.09. The third-order valence-corrected chi connectivity index (χ3v) is 2.81. The summed E-state index contributed by atoms with van der Waals surface area (Å²) in [4.78, 5) is 19.9. The molecule has 0 aliphatic carbocycles. The zero-order valence-corrected chi connectivity index (χ0v) is 11.2. The second-order valence-corrected chi connectivity index (χ2v) is 4.59. The molecule has 98 valence electrons. The zero-order valence-electron chi connectivity index (χ0n) is 11.2. The van der Waals surface area contributed by atoms with E-state index in [-0.39, 0.29) is 5.91 Å². The maximum atomic E-state index is 11.8. The lowest BCUT2D eigenvalue weighted by atomic mass is 10.1. The molecule has 0 saturated carbocycles. The number of hydrogen-bond donors (Lipinski definition) is 1. The van der Waals surface area contributed by atoms with Gasteiger partial charge in [-0.25, -0.2) is 9.97 Å². The highest BCUT2D eigenvalue weighted by Gasteiger charge is 2.04. The number of nitrogens with zero attached hydrogens (tertiary/aromatic N) is 2. The number of benzene rings is 1. The standard InChI is InChI=1S/C15H17N3O/c1-11-3-5-13(6-4-11)8-15(19)16-9-14-7-12(2)17-10-18-14/h3-7,10H,8-9H2,1-2H3,(H,16,19). The van der Waals surface area contributed by atoms with Crippen LogP contribution in [0.4, 0.5) is 0 Å². The van der Waals surface area contributed by atoms with Crippen molar-refractivity contribution in [3.05, 3.63) is 59.2 Å². The first kappa shape index (κ1) is 13.2. The van der Waals surface area contributed by atoms with E-state index in [4.69, 9.17) is 0 Å². The SMILES string of the molecule is Cc1ccc(CC(=O)NCc2cc(C)ncn2)cc1. The highest BCUT2D eigenvalue weighted by molar-refractivity contribution is 5.78. The number of rotatable bonds is 4. The van der Waals surface area contributed by atoms with Gasteiger partial charge in [0.05, 0.1) is 18.7 Å². The maximum Gasteiger partial charge on any atom is 0.224 e. The quantitative estimate of drug-likeness (QED) is 0.908. The Kier molecular flexibility index (Phi) is 4.23. The van der Waals surface area contributed by atoms with Gasteiger partial charge in [0.1, 0.15) is 6.33 Å². The molecule has 0 bridgehead atoms. The molecule has 19 heavy (non-hydrogen) atoms. The monoisotopic (exact) mass is 255 g/mol. The van der Waals surface area contributed by atoms with Gasteiger partial charge in [-0.15, -0.1) is 0 Å². The number of aromatic nitrogens is 2. The Labute approximate surface area is 112 Å². The molecular weight excluding hydrogens is 238 g/mol. The summed E-state index contributed by atoms with van der Waals surface area (Å²) in [6.07, 6.45) is 1.90. The van der Waals surface area contributed by atoms with Crippen molar-refractivity contribution in [3.63, 3.8) is 0 Å². The van der Waals surface area contributed by atoms with Gasteiger partial charge in [0.2, 0.25) is 5.91 Å². The lowest BCUT2D eigenvalue weighted by molar-refractivity contribution is -0.120. The fraction of sp³-hybridized carbons (Fsp3) is 0.267. The zero-order chi connectivity index (χ0) is 13.7. The van der Waals surface area contributed by atoms with Crippen LogP contribution >= 0.6 is 0 Å². The molecule has 1 aromatic carbocycles. The predicted molar refractivity (Wildman–Crippen MR) is 73.5 cm³/mol. The molecular formula is C15H17N3O. The van der Waals surface area contributed by atoms with Crippen molar-refractivity contribution in [2.24, 2.45) is 0 Å². The van der Waals surface area contributed by atoms with E-state index < -0.39 is 0 Å². The summed E-state index contributed by atoms with van der Waals surface area (Å²) in [5.74, 6) is 0.000110. The minimum absolute atomic E-state index is 0.000110. The van der Waals surface area contributed by atoms with E-state index in [0.29, 0.717) is 13.0 Å². The first-order chi connectivity index (χ1) is 9.13. The van der Waals surface area contributed by atoms with Crippen LogP contribution in [0.2, 0.25) is 0 Å². The third kappa shape index (κ3) is 4.17. The van der Waals surface area contributed by atoms with Crippen molar-refractivity contribution in [2.75, 3.05) is 0 Å². The van der Waals surface area contributed by atoms with Crippen LogP contribution in [-0.2, 0) is 17.8 Å². The van der Waals surface area contributed by atoms with Crippen LogP contribution in [0.1, 0.15) is 22.5 Å². The van der Waals surface area contributed by atoms with Gasteiger partial charge in [0.25, 0.3) is 0 Å². The molecule has 2 rings (SSSR count). The highest BCUT2D eigenvalue weighted by Crippen LogP contribution is 2.04. The number of carbonyl (C=O) groups excluding carboxylic acids is 1. The van der Waals surface area contributed by atoms with Gasteiger partial charge in [0.15, 0.2) is 0 Å². The molecule has 1 amide bonds. The predicted octanol–water partition coefficient (Wildman–Crippen LogP) is 1.95. The van der Waals surface area contributed by atoms with E-state index >= 15 is 0 Å². The normalized spacial score (nSPS) is 10.2. The number of nitrogens with one attached hydrogen (secondary N) is 1. The molecule has 0 atom stereocenters. The molecule has 0 spiro atoms. The molecule has 2 aromatic rings. The van der Waals surface area contributed by atoms with Crippen LogP contribution in [0.3, 0.4) is 0 Å². The number of amides is 1. The van der Waals surface area contributed by atoms with Crippen LogP contribution in [0, 0.1) is 13.8 Å². The van der Waals surface area contributed by atoms with Crippen LogP contribution in [0.25, 0.3) is 0 Å². The molecule has 0 aliphatic heterocycles. The topological polar surface area (TPSA) is 54.9 Å². The third-order valence-electron chi connectivity index (χ3n) is 2.81.